The summed E-state index contributed by atoms with van der Waals surface area (Å²) in [5.41, 5.74) is 8.71. The SMILES string of the molecule is COc1cccc(CNC(=O)c2cc(/C(N)=N/N(N)CC3CCCCC3)cc(C)n2)c1. The maximum Gasteiger partial charge on any atom is 0.270 e. The molecule has 0 spiro atoms. The number of hydrazone groups is 1. The third-order valence-electron chi connectivity index (χ3n) is 5.48. The van der Waals surface area contributed by atoms with Gasteiger partial charge in [0.25, 0.3) is 5.91 Å². The standard InChI is InChI=1S/C23H32N6O2/c1-16-11-19(22(24)28-29(25)15-17-7-4-3-5-8-17)13-21(27-16)23(30)26-14-18-9-6-10-20(12-18)31-2/h6,9-13,17H,3-5,7-8,14-15,25H2,1-2H3,(H2,24,28)(H,26,30). The highest BCUT2D eigenvalue weighted by molar-refractivity contribution is 6.00. The summed E-state index contributed by atoms with van der Waals surface area (Å²) < 4.78 is 5.22. The molecule has 1 fully saturated rings. The molecule has 166 valence electrons. The quantitative estimate of drug-likeness (QED) is 0.259. The van der Waals surface area contributed by atoms with E-state index >= 15 is 0 Å². The van der Waals surface area contributed by atoms with Crippen molar-refractivity contribution in [3.63, 3.8) is 0 Å². The molecule has 0 atom stereocenters. The van der Waals surface area contributed by atoms with E-state index in [1.165, 1.54) is 37.2 Å². The predicted octanol–water partition coefficient (Wildman–Crippen LogP) is 2.70. The van der Waals surface area contributed by atoms with Gasteiger partial charge in [-0.3, -0.25) is 4.79 Å². The van der Waals surface area contributed by atoms with Crippen LogP contribution in [0.25, 0.3) is 0 Å². The molecule has 1 saturated carbocycles. The van der Waals surface area contributed by atoms with Crippen LogP contribution in [0.4, 0.5) is 0 Å². The molecule has 0 radical (unpaired) electrons. The predicted molar refractivity (Wildman–Crippen MR) is 121 cm³/mol. The summed E-state index contributed by atoms with van der Waals surface area (Å²) in [5.74, 6) is 7.35. The largest absolute Gasteiger partial charge is 0.497 e. The van der Waals surface area contributed by atoms with Crippen LogP contribution in [0.5, 0.6) is 5.75 Å². The number of amidine groups is 1. The maximum atomic E-state index is 12.7. The van der Waals surface area contributed by atoms with E-state index in [4.69, 9.17) is 16.3 Å². The highest BCUT2D eigenvalue weighted by Crippen LogP contribution is 2.23. The molecule has 1 aromatic carbocycles. The van der Waals surface area contributed by atoms with E-state index in [9.17, 15) is 4.79 Å². The van der Waals surface area contributed by atoms with Gasteiger partial charge in [-0.15, -0.1) is 5.10 Å². The molecule has 31 heavy (non-hydrogen) atoms. The fraction of sp³-hybridized carbons (Fsp3) is 0.435. The van der Waals surface area contributed by atoms with E-state index in [-0.39, 0.29) is 17.4 Å². The molecule has 0 saturated heterocycles. The Labute approximate surface area is 183 Å². The van der Waals surface area contributed by atoms with Crippen LogP contribution >= 0.6 is 0 Å². The number of nitrogens with one attached hydrogen (secondary N) is 1. The number of pyridine rings is 1. The number of hydrogen-bond donors (Lipinski definition) is 3. The third kappa shape index (κ3) is 6.68. The first-order chi connectivity index (χ1) is 14.9. The zero-order valence-corrected chi connectivity index (χ0v) is 18.3. The van der Waals surface area contributed by atoms with E-state index in [0.29, 0.717) is 30.3 Å². The van der Waals surface area contributed by atoms with Crippen LogP contribution in [0.3, 0.4) is 0 Å². The third-order valence-corrected chi connectivity index (χ3v) is 5.48. The number of methoxy groups -OCH3 is 1. The average molecular weight is 425 g/mol. The number of ether oxygens (including phenoxy) is 1. The lowest BCUT2D eigenvalue weighted by molar-refractivity contribution is 0.0945. The van der Waals surface area contributed by atoms with E-state index in [2.05, 4.69) is 15.4 Å². The minimum atomic E-state index is -0.285. The van der Waals surface area contributed by atoms with Crippen LogP contribution in [0.1, 0.15) is 59.4 Å². The number of carbonyl (C=O) groups is 1. The van der Waals surface area contributed by atoms with E-state index in [0.717, 1.165) is 11.3 Å². The van der Waals surface area contributed by atoms with Gasteiger partial charge in [-0.1, -0.05) is 31.4 Å². The highest BCUT2D eigenvalue weighted by Gasteiger charge is 2.16. The van der Waals surface area contributed by atoms with E-state index < -0.39 is 0 Å². The Hall–Kier alpha value is -3.13. The molecule has 5 N–H and O–H groups in total. The van der Waals surface area contributed by atoms with Crippen molar-refractivity contribution in [3.8, 4) is 5.75 Å². The number of hydrazine groups is 1. The molecular formula is C23H32N6O2. The molecule has 1 aliphatic rings. The van der Waals surface area contributed by atoms with Gasteiger partial charge < -0.3 is 15.8 Å². The van der Waals surface area contributed by atoms with Gasteiger partial charge in [0, 0.05) is 17.8 Å². The molecular weight excluding hydrogens is 392 g/mol. The fourth-order valence-corrected chi connectivity index (χ4v) is 3.86. The second kappa shape index (κ2) is 10.8. The van der Waals surface area contributed by atoms with Crippen LogP contribution in [0, 0.1) is 12.8 Å². The normalized spacial score (nSPS) is 14.9. The van der Waals surface area contributed by atoms with Crippen molar-refractivity contribution in [2.24, 2.45) is 22.6 Å². The zero-order chi connectivity index (χ0) is 22.2. The van der Waals surface area contributed by atoms with Gasteiger partial charge in [0.2, 0.25) is 0 Å². The Morgan fingerprint density at radius 3 is 2.77 bits per heavy atom. The van der Waals surface area contributed by atoms with Crippen molar-refractivity contribution in [1.29, 1.82) is 0 Å². The summed E-state index contributed by atoms with van der Waals surface area (Å²) in [6.45, 7) is 2.86. The molecule has 1 heterocycles. The Morgan fingerprint density at radius 2 is 2.03 bits per heavy atom. The zero-order valence-electron chi connectivity index (χ0n) is 18.3. The molecule has 0 unspecified atom stereocenters. The number of carbonyl (C=O) groups excluding carboxylic acids is 1. The number of benzene rings is 1. The van der Waals surface area contributed by atoms with E-state index in [1.54, 1.807) is 19.2 Å². The fourth-order valence-electron chi connectivity index (χ4n) is 3.86. The van der Waals surface area contributed by atoms with Gasteiger partial charge in [0.15, 0.2) is 5.84 Å². The van der Waals surface area contributed by atoms with Crippen LogP contribution in [-0.2, 0) is 6.54 Å². The number of aromatic nitrogens is 1. The first-order valence-electron chi connectivity index (χ1n) is 10.7. The maximum absolute atomic E-state index is 12.7. The number of hydrogen-bond acceptors (Lipinski definition) is 6. The monoisotopic (exact) mass is 424 g/mol. The average Bonchev–Trinajstić information content (AvgIpc) is 2.77. The van der Waals surface area contributed by atoms with Crippen LogP contribution in [0.2, 0.25) is 0 Å². The molecule has 0 aliphatic heterocycles. The first kappa shape index (κ1) is 22.6. The van der Waals surface area contributed by atoms with Gasteiger partial charge in [-0.2, -0.15) is 0 Å². The van der Waals surface area contributed by atoms with Gasteiger partial charge in [-0.25, -0.2) is 15.9 Å². The van der Waals surface area contributed by atoms with Gasteiger partial charge in [0.05, 0.1) is 13.7 Å². The number of nitrogens with two attached hydrogens (primary N) is 2. The molecule has 1 aromatic heterocycles. The van der Waals surface area contributed by atoms with Crippen molar-refractivity contribution in [2.75, 3.05) is 13.7 Å². The first-order valence-corrected chi connectivity index (χ1v) is 10.7. The van der Waals surface area contributed by atoms with Crippen molar-refractivity contribution >= 4 is 11.7 Å². The molecule has 8 heteroatoms. The van der Waals surface area contributed by atoms with Crippen molar-refractivity contribution in [1.82, 2.24) is 15.4 Å². The molecule has 3 rings (SSSR count). The lowest BCUT2D eigenvalue weighted by Gasteiger charge is -2.25. The second-order valence-electron chi connectivity index (χ2n) is 8.03. The Balaban J connectivity index is 1.65. The van der Waals surface area contributed by atoms with Crippen LogP contribution in [-0.4, -0.2) is 35.5 Å². The summed E-state index contributed by atoms with van der Waals surface area (Å²) in [7, 11) is 1.61. The lowest BCUT2D eigenvalue weighted by Crippen LogP contribution is -2.34. The molecule has 8 nitrogen and oxygen atoms in total. The van der Waals surface area contributed by atoms with Crippen molar-refractivity contribution < 1.29 is 9.53 Å². The highest BCUT2D eigenvalue weighted by atomic mass is 16.5. The topological polar surface area (TPSA) is 119 Å². The Bertz CT molecular complexity index is 924. The van der Waals surface area contributed by atoms with E-state index in [1.807, 2.05) is 31.2 Å². The number of aryl methyl sites for hydroxylation is 1. The van der Waals surface area contributed by atoms with Crippen LogP contribution < -0.4 is 21.6 Å². The Morgan fingerprint density at radius 1 is 1.26 bits per heavy atom. The van der Waals surface area contributed by atoms with Crippen molar-refractivity contribution in [3.05, 3.63) is 58.9 Å². The molecule has 0 bridgehead atoms. The summed E-state index contributed by atoms with van der Waals surface area (Å²) in [6, 6.07) is 11.0. The second-order valence-corrected chi connectivity index (χ2v) is 8.03. The minimum Gasteiger partial charge on any atom is -0.497 e. The number of nitrogens with zero attached hydrogens (tertiary/aromatic N) is 3. The summed E-state index contributed by atoms with van der Waals surface area (Å²) in [6.07, 6.45) is 6.14. The molecule has 2 aromatic rings. The Kier molecular flexibility index (Phi) is 7.83. The summed E-state index contributed by atoms with van der Waals surface area (Å²) in [5, 5.41) is 8.63. The summed E-state index contributed by atoms with van der Waals surface area (Å²) in [4.78, 5) is 17.0. The van der Waals surface area contributed by atoms with Gasteiger partial charge in [0.1, 0.15) is 11.4 Å². The summed E-state index contributed by atoms with van der Waals surface area (Å²) >= 11 is 0. The van der Waals surface area contributed by atoms with Gasteiger partial charge >= 0.3 is 0 Å². The van der Waals surface area contributed by atoms with Crippen molar-refractivity contribution in [2.45, 2.75) is 45.6 Å². The smallest absolute Gasteiger partial charge is 0.270 e. The molecule has 1 amide bonds. The van der Waals surface area contributed by atoms with Crippen LogP contribution in [0.15, 0.2) is 41.5 Å². The molecule has 1 aliphatic carbocycles. The number of amides is 1. The lowest BCUT2D eigenvalue weighted by atomic mass is 9.89. The van der Waals surface area contributed by atoms with Gasteiger partial charge in [-0.05, 0) is 55.5 Å². The number of rotatable bonds is 8. The minimum absolute atomic E-state index is 0.269.